The molecule has 0 saturated heterocycles. The van der Waals surface area contributed by atoms with Gasteiger partial charge < -0.3 is 4.43 Å². The van der Waals surface area contributed by atoms with Gasteiger partial charge in [0.15, 0.2) is 0 Å². The van der Waals surface area contributed by atoms with Crippen LogP contribution in [0, 0.1) is 0 Å². The highest BCUT2D eigenvalue weighted by molar-refractivity contribution is 5.97. The predicted octanol–water partition coefficient (Wildman–Crippen LogP) is 1.64. The molecule has 0 radical (unpaired) electrons. The smallest absolute Gasteiger partial charge is 0.145 e. The van der Waals surface area contributed by atoms with E-state index >= 15 is 0 Å². The summed E-state index contributed by atoms with van der Waals surface area (Å²) in [5, 5.41) is 0. The lowest BCUT2D eigenvalue weighted by Gasteiger charge is -1.98. The second-order valence-electron chi connectivity index (χ2n) is 2.76. The number of rotatable bonds is 7. The normalized spacial score (nSPS) is 10.5. The molecule has 0 spiro atoms. The second kappa shape index (κ2) is 9.18. The Balaban J connectivity index is 2.65. The minimum Gasteiger partial charge on any atom is -0.428 e. The predicted molar refractivity (Wildman–Crippen MR) is 49.3 cm³/mol. The molecule has 0 aromatic heterocycles. The zero-order valence-corrected chi connectivity index (χ0v) is 9.36. The lowest BCUT2D eigenvalue weighted by molar-refractivity contribution is 0.333. The minimum absolute atomic E-state index is 0.909. The van der Waals surface area contributed by atoms with Gasteiger partial charge in [-0.15, -0.1) is 0 Å². The average Bonchev–Trinajstić information content (AvgIpc) is 1.97. The molecule has 0 aliphatic carbocycles. The van der Waals surface area contributed by atoms with Crippen LogP contribution < -0.4 is 0 Å². The highest BCUT2D eigenvalue weighted by Crippen LogP contribution is 2.04. The van der Waals surface area contributed by atoms with Gasteiger partial charge in [0.05, 0.1) is 0 Å². The van der Waals surface area contributed by atoms with Gasteiger partial charge in [-0.2, -0.15) is 0 Å². The van der Waals surface area contributed by atoms with Crippen molar-refractivity contribution in [1.82, 2.24) is 0 Å². The van der Waals surface area contributed by atoms with Crippen molar-refractivity contribution in [1.29, 1.82) is 0 Å². The summed E-state index contributed by atoms with van der Waals surface area (Å²) >= 11 is 0. The van der Waals surface area contributed by atoms with Crippen molar-refractivity contribution in [2.75, 3.05) is 6.61 Å². The van der Waals surface area contributed by atoms with E-state index in [1.807, 2.05) is 0 Å². The summed E-state index contributed by atoms with van der Waals surface area (Å²) in [7, 11) is 0.909. The molecule has 0 unspecified atom stereocenters. The molecule has 0 aliphatic rings. The highest BCUT2D eigenvalue weighted by atomic mass is 28.2. The molecule has 0 N–H and O–H groups in total. The molecule has 0 saturated carbocycles. The standard InChI is InChI=1S/C8H20OSi/c1-2-3-4-5-6-7-8-9-10/h2-8H2,1,10H3. The van der Waals surface area contributed by atoms with Gasteiger partial charge in [-0.05, 0) is 6.42 Å². The van der Waals surface area contributed by atoms with Gasteiger partial charge in [0.1, 0.15) is 10.5 Å². The van der Waals surface area contributed by atoms with Crippen molar-refractivity contribution >= 4 is 10.5 Å². The first-order valence-electron chi connectivity index (χ1n) is 4.40. The van der Waals surface area contributed by atoms with Crippen LogP contribution in [0.5, 0.6) is 0 Å². The van der Waals surface area contributed by atoms with E-state index in [2.05, 4.69) is 6.92 Å². The van der Waals surface area contributed by atoms with E-state index in [1.165, 1.54) is 38.5 Å². The molecule has 0 aromatic carbocycles. The molecule has 0 heterocycles. The number of hydrogen-bond donors (Lipinski definition) is 0. The van der Waals surface area contributed by atoms with Crippen LogP contribution in [0.25, 0.3) is 0 Å². The summed E-state index contributed by atoms with van der Waals surface area (Å²) in [6, 6.07) is 0. The van der Waals surface area contributed by atoms with E-state index in [9.17, 15) is 0 Å². The summed E-state index contributed by atoms with van der Waals surface area (Å²) in [5.74, 6) is 0. The van der Waals surface area contributed by atoms with Crippen LogP contribution in [0.3, 0.4) is 0 Å². The Bertz CT molecular complexity index is 49.2. The third kappa shape index (κ3) is 8.18. The van der Waals surface area contributed by atoms with E-state index in [4.69, 9.17) is 4.43 Å². The minimum atomic E-state index is 0.909. The Kier molecular flexibility index (Phi) is 9.34. The fourth-order valence-electron chi connectivity index (χ4n) is 1.03. The van der Waals surface area contributed by atoms with Crippen molar-refractivity contribution in [2.45, 2.75) is 45.4 Å². The molecule has 0 rings (SSSR count). The summed E-state index contributed by atoms with van der Waals surface area (Å²) in [6.07, 6.45) is 8.20. The highest BCUT2D eigenvalue weighted by Gasteiger charge is 1.87. The van der Waals surface area contributed by atoms with E-state index in [0.29, 0.717) is 0 Å². The van der Waals surface area contributed by atoms with E-state index < -0.39 is 0 Å². The molecule has 0 atom stereocenters. The fourth-order valence-corrected chi connectivity index (χ4v) is 1.32. The summed E-state index contributed by atoms with van der Waals surface area (Å²) in [6.45, 7) is 3.25. The van der Waals surface area contributed by atoms with E-state index in [1.54, 1.807) is 0 Å². The summed E-state index contributed by atoms with van der Waals surface area (Å²) < 4.78 is 5.09. The van der Waals surface area contributed by atoms with Gasteiger partial charge in [-0.3, -0.25) is 0 Å². The SMILES string of the molecule is CCCCCCCCO[SiH3]. The maximum atomic E-state index is 5.09. The van der Waals surface area contributed by atoms with Gasteiger partial charge in [0, 0.05) is 6.61 Å². The Morgan fingerprint density at radius 1 is 1.00 bits per heavy atom. The maximum Gasteiger partial charge on any atom is 0.145 e. The molecular weight excluding hydrogens is 140 g/mol. The Labute approximate surface area is 67.7 Å². The molecule has 0 amide bonds. The second-order valence-corrected chi connectivity index (χ2v) is 3.34. The van der Waals surface area contributed by atoms with Crippen molar-refractivity contribution in [3.05, 3.63) is 0 Å². The van der Waals surface area contributed by atoms with Crippen molar-refractivity contribution in [3.8, 4) is 0 Å². The maximum absolute atomic E-state index is 5.09. The number of hydrogen-bond acceptors (Lipinski definition) is 1. The molecule has 0 bridgehead atoms. The van der Waals surface area contributed by atoms with E-state index in [0.717, 1.165) is 17.1 Å². The van der Waals surface area contributed by atoms with Gasteiger partial charge in [-0.1, -0.05) is 39.0 Å². The Morgan fingerprint density at radius 3 is 2.20 bits per heavy atom. The van der Waals surface area contributed by atoms with Crippen LogP contribution in [0.4, 0.5) is 0 Å². The molecule has 10 heavy (non-hydrogen) atoms. The van der Waals surface area contributed by atoms with Crippen LogP contribution in [-0.2, 0) is 4.43 Å². The van der Waals surface area contributed by atoms with Gasteiger partial charge in [0.25, 0.3) is 0 Å². The van der Waals surface area contributed by atoms with Gasteiger partial charge in [-0.25, -0.2) is 0 Å². The third-order valence-electron chi connectivity index (χ3n) is 1.70. The third-order valence-corrected chi connectivity index (χ3v) is 2.11. The molecule has 0 fully saturated rings. The lowest BCUT2D eigenvalue weighted by atomic mass is 10.1. The topological polar surface area (TPSA) is 9.23 Å². The van der Waals surface area contributed by atoms with Crippen LogP contribution in [0.1, 0.15) is 45.4 Å². The van der Waals surface area contributed by atoms with Crippen molar-refractivity contribution < 1.29 is 4.43 Å². The zero-order chi connectivity index (χ0) is 7.66. The first kappa shape index (κ1) is 10.2. The van der Waals surface area contributed by atoms with Crippen LogP contribution >= 0.6 is 0 Å². The lowest BCUT2D eigenvalue weighted by Crippen LogP contribution is -1.89. The Morgan fingerprint density at radius 2 is 1.60 bits per heavy atom. The summed E-state index contributed by atoms with van der Waals surface area (Å²) in [4.78, 5) is 0. The van der Waals surface area contributed by atoms with Crippen LogP contribution in [-0.4, -0.2) is 17.1 Å². The Hall–Kier alpha value is 0.177. The monoisotopic (exact) mass is 160 g/mol. The summed E-state index contributed by atoms with van der Waals surface area (Å²) in [5.41, 5.74) is 0. The van der Waals surface area contributed by atoms with E-state index in [-0.39, 0.29) is 0 Å². The van der Waals surface area contributed by atoms with Crippen molar-refractivity contribution in [3.63, 3.8) is 0 Å². The first-order chi connectivity index (χ1) is 4.91. The zero-order valence-electron chi connectivity index (χ0n) is 7.36. The van der Waals surface area contributed by atoms with Gasteiger partial charge >= 0.3 is 0 Å². The quantitative estimate of drug-likeness (QED) is 0.406. The molecule has 0 aliphatic heterocycles. The average molecular weight is 160 g/mol. The fraction of sp³-hybridized carbons (Fsp3) is 1.00. The molecule has 2 heteroatoms. The molecular formula is C8H20OSi. The molecule has 62 valence electrons. The largest absolute Gasteiger partial charge is 0.428 e. The van der Waals surface area contributed by atoms with Gasteiger partial charge in [0.2, 0.25) is 0 Å². The number of unbranched alkanes of at least 4 members (excludes halogenated alkanes) is 5. The first-order valence-corrected chi connectivity index (χ1v) is 5.22. The molecule has 0 aromatic rings. The van der Waals surface area contributed by atoms with Crippen LogP contribution in [0.2, 0.25) is 0 Å². The van der Waals surface area contributed by atoms with Crippen molar-refractivity contribution in [2.24, 2.45) is 0 Å². The van der Waals surface area contributed by atoms with Crippen LogP contribution in [0.15, 0.2) is 0 Å². The molecule has 1 nitrogen and oxygen atoms in total.